The molecule has 0 saturated carbocycles. The zero-order valence-electron chi connectivity index (χ0n) is 7.38. The van der Waals surface area contributed by atoms with Gasteiger partial charge in [0, 0.05) is 27.1 Å². The highest BCUT2D eigenvalue weighted by Crippen LogP contribution is 1.97. The third-order valence-electron chi connectivity index (χ3n) is 1.68. The molecule has 0 bridgehead atoms. The second-order valence-electron chi connectivity index (χ2n) is 2.71. The quantitative estimate of drug-likeness (QED) is 0.533. The van der Waals surface area contributed by atoms with E-state index in [0.717, 1.165) is 0 Å². The average Bonchev–Trinajstić information content (AvgIpc) is 1.84. The number of hydrogen-bond acceptors (Lipinski definition) is 2. The van der Waals surface area contributed by atoms with Crippen LogP contribution in [-0.4, -0.2) is 36.1 Å². The molecule has 0 radical (unpaired) electrons. The van der Waals surface area contributed by atoms with Gasteiger partial charge in [-0.15, -0.1) is 0 Å². The zero-order valence-corrected chi connectivity index (χ0v) is 7.38. The van der Waals surface area contributed by atoms with E-state index in [1.807, 2.05) is 25.9 Å². The van der Waals surface area contributed by atoms with Gasteiger partial charge < -0.3 is 0 Å². The lowest BCUT2D eigenvalue weighted by molar-refractivity contribution is -0.143. The van der Waals surface area contributed by atoms with Crippen LogP contribution in [0, 0.1) is 0 Å². The third-order valence-corrected chi connectivity index (χ3v) is 1.68. The van der Waals surface area contributed by atoms with Crippen molar-refractivity contribution in [3.63, 3.8) is 0 Å². The fourth-order valence-corrected chi connectivity index (χ4v) is 0.569. The summed E-state index contributed by atoms with van der Waals surface area (Å²) < 4.78 is 0. The maximum atomic E-state index is 10.8. The molecular formula is C7H16N2O. The Labute approximate surface area is 62.6 Å². The van der Waals surface area contributed by atoms with E-state index in [2.05, 4.69) is 0 Å². The minimum Gasteiger partial charge on any atom is -0.279 e. The Morgan fingerprint density at radius 3 is 1.80 bits per heavy atom. The highest BCUT2D eigenvalue weighted by atomic mass is 16.2. The van der Waals surface area contributed by atoms with Crippen molar-refractivity contribution >= 4 is 5.91 Å². The van der Waals surface area contributed by atoms with Gasteiger partial charge in [0.1, 0.15) is 0 Å². The molecule has 0 atom stereocenters. The Bertz CT molecular complexity index is 123. The summed E-state index contributed by atoms with van der Waals surface area (Å²) in [6.07, 6.45) is 0. The van der Waals surface area contributed by atoms with Crippen LogP contribution in [0.3, 0.4) is 0 Å². The smallest absolute Gasteiger partial charge is 0.233 e. The van der Waals surface area contributed by atoms with Crippen molar-refractivity contribution in [2.75, 3.05) is 14.1 Å². The SMILES string of the molecule is CC(=O)N(C)N(C)C(C)C. The Kier molecular flexibility index (Phi) is 3.36. The Balaban J connectivity index is 3.94. The zero-order chi connectivity index (χ0) is 8.31. The van der Waals surface area contributed by atoms with Crippen LogP contribution in [0.5, 0.6) is 0 Å². The fourth-order valence-electron chi connectivity index (χ4n) is 0.569. The minimum absolute atomic E-state index is 0.0659. The van der Waals surface area contributed by atoms with E-state index in [1.54, 1.807) is 19.0 Å². The van der Waals surface area contributed by atoms with Crippen LogP contribution < -0.4 is 0 Å². The van der Waals surface area contributed by atoms with Crippen LogP contribution in [-0.2, 0) is 4.79 Å². The average molecular weight is 144 g/mol. The number of carbonyl (C=O) groups is 1. The number of amides is 1. The Hall–Kier alpha value is -0.570. The second-order valence-corrected chi connectivity index (χ2v) is 2.71. The van der Waals surface area contributed by atoms with Crippen LogP contribution >= 0.6 is 0 Å². The molecule has 0 unspecified atom stereocenters. The van der Waals surface area contributed by atoms with Crippen molar-refractivity contribution < 1.29 is 4.79 Å². The first-order valence-corrected chi connectivity index (χ1v) is 3.44. The maximum Gasteiger partial charge on any atom is 0.233 e. The molecule has 0 aliphatic carbocycles. The second kappa shape index (κ2) is 3.56. The van der Waals surface area contributed by atoms with Crippen molar-refractivity contribution in [1.29, 1.82) is 0 Å². The molecule has 0 heterocycles. The molecule has 0 aromatic heterocycles. The van der Waals surface area contributed by atoms with Gasteiger partial charge in [0.2, 0.25) is 5.91 Å². The molecular weight excluding hydrogens is 128 g/mol. The third kappa shape index (κ3) is 2.35. The van der Waals surface area contributed by atoms with Gasteiger partial charge in [0.25, 0.3) is 0 Å². The van der Waals surface area contributed by atoms with E-state index in [4.69, 9.17) is 0 Å². The standard InChI is InChI=1S/C7H16N2O/c1-6(2)8(4)9(5)7(3)10/h6H,1-5H3. The van der Waals surface area contributed by atoms with Gasteiger partial charge in [0.05, 0.1) is 0 Å². The van der Waals surface area contributed by atoms with E-state index < -0.39 is 0 Å². The Morgan fingerprint density at radius 2 is 1.70 bits per heavy atom. The van der Waals surface area contributed by atoms with Crippen molar-refractivity contribution in [3.8, 4) is 0 Å². The molecule has 0 aliphatic heterocycles. The lowest BCUT2D eigenvalue weighted by Crippen LogP contribution is -2.43. The number of carbonyl (C=O) groups excluding carboxylic acids is 1. The van der Waals surface area contributed by atoms with Crippen LogP contribution in [0.4, 0.5) is 0 Å². The predicted octanol–water partition coefficient (Wildman–Crippen LogP) is 0.720. The summed E-state index contributed by atoms with van der Waals surface area (Å²) in [5.41, 5.74) is 0. The van der Waals surface area contributed by atoms with Crippen LogP contribution in [0.15, 0.2) is 0 Å². The summed E-state index contributed by atoms with van der Waals surface area (Å²) in [5.74, 6) is 0.0659. The minimum atomic E-state index is 0.0659. The molecule has 0 rings (SSSR count). The fraction of sp³-hybridized carbons (Fsp3) is 0.857. The molecule has 1 amide bonds. The molecule has 0 saturated heterocycles. The van der Waals surface area contributed by atoms with Gasteiger partial charge >= 0.3 is 0 Å². The molecule has 0 N–H and O–H groups in total. The molecule has 0 spiro atoms. The first-order chi connectivity index (χ1) is 4.46. The van der Waals surface area contributed by atoms with Crippen LogP contribution in [0.2, 0.25) is 0 Å². The lowest BCUT2D eigenvalue weighted by Gasteiger charge is -2.30. The van der Waals surface area contributed by atoms with Crippen LogP contribution in [0.25, 0.3) is 0 Å². The summed E-state index contributed by atoms with van der Waals surface area (Å²) in [5, 5.41) is 3.49. The van der Waals surface area contributed by atoms with Gasteiger partial charge in [-0.2, -0.15) is 0 Å². The summed E-state index contributed by atoms with van der Waals surface area (Å²) in [7, 11) is 3.66. The number of hydrazine groups is 1. The molecule has 0 aromatic carbocycles. The number of hydrogen-bond donors (Lipinski definition) is 0. The first-order valence-electron chi connectivity index (χ1n) is 3.44. The molecule has 3 heteroatoms. The van der Waals surface area contributed by atoms with Crippen molar-refractivity contribution in [3.05, 3.63) is 0 Å². The largest absolute Gasteiger partial charge is 0.279 e. The van der Waals surface area contributed by atoms with Gasteiger partial charge in [-0.25, -0.2) is 5.01 Å². The summed E-state index contributed by atoms with van der Waals surface area (Å²) >= 11 is 0. The molecule has 3 nitrogen and oxygen atoms in total. The monoisotopic (exact) mass is 144 g/mol. The van der Waals surface area contributed by atoms with E-state index >= 15 is 0 Å². The van der Waals surface area contributed by atoms with Gasteiger partial charge in [-0.3, -0.25) is 9.80 Å². The molecule has 60 valence electrons. The highest BCUT2D eigenvalue weighted by molar-refractivity contribution is 5.72. The summed E-state index contributed by atoms with van der Waals surface area (Å²) in [6, 6.07) is 0.369. The Morgan fingerprint density at radius 1 is 1.30 bits per heavy atom. The van der Waals surface area contributed by atoms with Crippen LogP contribution in [0.1, 0.15) is 20.8 Å². The molecule has 0 aliphatic rings. The lowest BCUT2D eigenvalue weighted by atomic mass is 10.4. The molecule has 0 aromatic rings. The summed E-state index contributed by atoms with van der Waals surface area (Å²) in [4.78, 5) is 10.8. The predicted molar refractivity (Wildman–Crippen MR) is 41.3 cm³/mol. The van der Waals surface area contributed by atoms with E-state index in [1.165, 1.54) is 0 Å². The van der Waals surface area contributed by atoms with Crippen molar-refractivity contribution in [1.82, 2.24) is 10.0 Å². The number of nitrogens with zero attached hydrogens (tertiary/aromatic N) is 2. The summed E-state index contributed by atoms with van der Waals surface area (Å²) in [6.45, 7) is 5.64. The van der Waals surface area contributed by atoms with E-state index in [9.17, 15) is 4.79 Å². The van der Waals surface area contributed by atoms with E-state index in [-0.39, 0.29) is 5.91 Å². The van der Waals surface area contributed by atoms with Crippen molar-refractivity contribution in [2.24, 2.45) is 0 Å². The molecule has 10 heavy (non-hydrogen) atoms. The van der Waals surface area contributed by atoms with Gasteiger partial charge in [0.15, 0.2) is 0 Å². The number of rotatable bonds is 2. The first kappa shape index (κ1) is 9.43. The van der Waals surface area contributed by atoms with Crippen molar-refractivity contribution in [2.45, 2.75) is 26.8 Å². The van der Waals surface area contributed by atoms with E-state index in [0.29, 0.717) is 6.04 Å². The topological polar surface area (TPSA) is 23.6 Å². The van der Waals surface area contributed by atoms with Gasteiger partial charge in [-0.1, -0.05) is 0 Å². The highest BCUT2D eigenvalue weighted by Gasteiger charge is 2.10. The normalized spacial score (nSPS) is 10.7. The maximum absolute atomic E-state index is 10.8. The van der Waals surface area contributed by atoms with Gasteiger partial charge in [-0.05, 0) is 13.8 Å². The molecule has 0 fully saturated rings.